The molecule has 0 saturated heterocycles. The highest BCUT2D eigenvalue weighted by molar-refractivity contribution is 6.31. The lowest BCUT2D eigenvalue weighted by atomic mass is 9.88. The molecule has 2 aromatic carbocycles. The maximum absolute atomic E-state index is 14.6. The van der Waals surface area contributed by atoms with E-state index in [1.807, 2.05) is 0 Å². The van der Waals surface area contributed by atoms with E-state index in [9.17, 15) is 27.5 Å². The fourth-order valence-corrected chi connectivity index (χ4v) is 4.91. The van der Waals surface area contributed by atoms with Crippen LogP contribution < -0.4 is 20.1 Å². The molecule has 3 aromatic rings. The van der Waals surface area contributed by atoms with E-state index in [0.717, 1.165) is 18.9 Å². The normalized spacial score (nSPS) is 17.5. The minimum Gasteiger partial charge on any atom is -0.493 e. The maximum Gasteiger partial charge on any atom is 0.424 e. The van der Waals surface area contributed by atoms with Crippen LogP contribution in [-0.2, 0) is 17.7 Å². The van der Waals surface area contributed by atoms with Crippen LogP contribution >= 0.6 is 11.6 Å². The number of aliphatic hydroxyl groups is 1. The summed E-state index contributed by atoms with van der Waals surface area (Å²) in [5.41, 5.74) is -3.56. The van der Waals surface area contributed by atoms with Crippen LogP contribution in [0.2, 0.25) is 5.02 Å². The highest BCUT2D eigenvalue weighted by Crippen LogP contribution is 2.43. The Labute approximate surface area is 238 Å². The number of halogens is 5. The lowest BCUT2D eigenvalue weighted by Gasteiger charge is -2.32. The van der Waals surface area contributed by atoms with E-state index in [0.29, 0.717) is 16.9 Å². The minimum absolute atomic E-state index is 0.0170. The number of nitrogens with zero attached hydrogens (tertiary/aromatic N) is 1. The van der Waals surface area contributed by atoms with Crippen molar-refractivity contribution in [3.05, 3.63) is 75.7 Å². The van der Waals surface area contributed by atoms with Crippen LogP contribution in [0.4, 0.5) is 17.6 Å². The van der Waals surface area contributed by atoms with Gasteiger partial charge in [0.05, 0.1) is 36.2 Å². The van der Waals surface area contributed by atoms with E-state index in [2.05, 4.69) is 15.6 Å². The Kier molecular flexibility index (Phi) is 7.42. The molecule has 12 heteroatoms. The molecule has 1 amide bonds. The van der Waals surface area contributed by atoms with Crippen LogP contribution in [0.1, 0.15) is 53.9 Å². The van der Waals surface area contributed by atoms with Crippen LogP contribution in [0.5, 0.6) is 11.5 Å². The molecule has 41 heavy (non-hydrogen) atoms. The summed E-state index contributed by atoms with van der Waals surface area (Å²) in [5.74, 6) is -0.879. The van der Waals surface area contributed by atoms with Gasteiger partial charge in [0, 0.05) is 23.2 Å². The lowest BCUT2D eigenvalue weighted by Crippen LogP contribution is -2.51. The first-order valence-corrected chi connectivity index (χ1v) is 13.3. The zero-order valence-corrected chi connectivity index (χ0v) is 23.2. The Bertz CT molecular complexity index is 1510. The Hall–Kier alpha value is -3.41. The first-order valence-electron chi connectivity index (χ1n) is 12.9. The lowest BCUT2D eigenvalue weighted by molar-refractivity contribution is -0.265. The molecule has 2 aliphatic rings. The highest BCUT2D eigenvalue weighted by atomic mass is 35.5. The molecule has 1 unspecified atom stereocenters. The molecule has 2 heterocycles. The molecule has 1 fully saturated rings. The van der Waals surface area contributed by atoms with Crippen molar-refractivity contribution in [2.75, 3.05) is 13.7 Å². The van der Waals surface area contributed by atoms with Gasteiger partial charge in [-0.2, -0.15) is 13.2 Å². The van der Waals surface area contributed by atoms with Crippen molar-refractivity contribution >= 4 is 17.5 Å². The summed E-state index contributed by atoms with van der Waals surface area (Å²) in [4.78, 5) is 17.2. The van der Waals surface area contributed by atoms with Crippen molar-refractivity contribution in [2.24, 2.45) is 0 Å². The summed E-state index contributed by atoms with van der Waals surface area (Å²) in [6.45, 7) is 2.62. The molecule has 1 atom stereocenters. The van der Waals surface area contributed by atoms with Gasteiger partial charge in [0.2, 0.25) is 5.60 Å². The number of ether oxygens (including phenoxy) is 2. The third-order valence-corrected chi connectivity index (χ3v) is 7.63. The molecule has 1 saturated carbocycles. The quantitative estimate of drug-likeness (QED) is 0.294. The van der Waals surface area contributed by atoms with E-state index >= 15 is 0 Å². The summed E-state index contributed by atoms with van der Waals surface area (Å²) in [7, 11) is 1.39. The van der Waals surface area contributed by atoms with Crippen LogP contribution in [0.3, 0.4) is 0 Å². The topological polar surface area (TPSA) is 92.7 Å². The standard InChI is InChI=1S/C29H28ClF4N3O4/c1-27(2)19-12-24(37-25(18(19)13-36-27)15-4-8-21(31)20(30)10-15)28(39,29(32,33)34)14-35-26(38)16-5-9-22(23(11-16)40-3)41-17-6-7-17/h4-5,8-12,17,36,39H,6-7,13-14H2,1-3H3,(H,35,38). The molecular weight excluding hydrogens is 566 g/mol. The number of amides is 1. The number of nitrogens with one attached hydrogen (secondary N) is 2. The first-order chi connectivity index (χ1) is 19.2. The molecule has 0 bridgehead atoms. The van der Waals surface area contributed by atoms with Gasteiger partial charge in [-0.05, 0) is 80.3 Å². The van der Waals surface area contributed by atoms with Crippen molar-refractivity contribution in [1.82, 2.24) is 15.6 Å². The Morgan fingerprint density at radius 3 is 2.54 bits per heavy atom. The second kappa shape index (κ2) is 10.5. The molecule has 0 radical (unpaired) electrons. The van der Waals surface area contributed by atoms with Crippen molar-refractivity contribution in [2.45, 2.75) is 56.7 Å². The van der Waals surface area contributed by atoms with Gasteiger partial charge in [-0.1, -0.05) is 11.6 Å². The maximum atomic E-state index is 14.6. The molecule has 1 aliphatic heterocycles. The second-order valence-corrected chi connectivity index (χ2v) is 11.1. The number of benzene rings is 2. The van der Waals surface area contributed by atoms with Crippen LogP contribution in [-0.4, -0.2) is 41.9 Å². The Balaban J connectivity index is 1.51. The van der Waals surface area contributed by atoms with Gasteiger partial charge in [0.15, 0.2) is 11.5 Å². The van der Waals surface area contributed by atoms with Gasteiger partial charge in [-0.3, -0.25) is 4.79 Å². The second-order valence-electron chi connectivity index (χ2n) is 10.7. The average Bonchev–Trinajstić information content (AvgIpc) is 3.69. The molecular formula is C29H28ClF4N3O4. The van der Waals surface area contributed by atoms with Crippen molar-refractivity contribution in [1.29, 1.82) is 0 Å². The largest absolute Gasteiger partial charge is 0.493 e. The van der Waals surface area contributed by atoms with E-state index in [1.54, 1.807) is 13.8 Å². The summed E-state index contributed by atoms with van der Waals surface area (Å²) in [6, 6.07) is 9.19. The Morgan fingerprint density at radius 2 is 1.90 bits per heavy atom. The van der Waals surface area contributed by atoms with E-state index in [-0.39, 0.29) is 40.2 Å². The third kappa shape index (κ3) is 5.58. The number of methoxy groups -OCH3 is 1. The summed E-state index contributed by atoms with van der Waals surface area (Å²) in [5, 5.41) is 16.4. The first kappa shape index (κ1) is 29.1. The molecule has 218 valence electrons. The molecule has 5 rings (SSSR count). The number of pyridine rings is 1. The Morgan fingerprint density at radius 1 is 1.17 bits per heavy atom. The summed E-state index contributed by atoms with van der Waals surface area (Å²) < 4.78 is 68.6. The summed E-state index contributed by atoms with van der Waals surface area (Å²) in [6.07, 6.45) is -3.35. The van der Waals surface area contributed by atoms with Gasteiger partial charge in [-0.25, -0.2) is 9.37 Å². The van der Waals surface area contributed by atoms with Crippen molar-refractivity contribution in [3.8, 4) is 22.8 Å². The van der Waals surface area contributed by atoms with Crippen LogP contribution in [0.15, 0.2) is 42.5 Å². The molecule has 0 spiro atoms. The average molecular weight is 594 g/mol. The van der Waals surface area contributed by atoms with Crippen LogP contribution in [0.25, 0.3) is 11.3 Å². The van der Waals surface area contributed by atoms with Gasteiger partial charge in [0.25, 0.3) is 5.91 Å². The van der Waals surface area contributed by atoms with Gasteiger partial charge in [-0.15, -0.1) is 0 Å². The molecule has 1 aromatic heterocycles. The van der Waals surface area contributed by atoms with Gasteiger partial charge >= 0.3 is 6.18 Å². The monoisotopic (exact) mass is 593 g/mol. The predicted molar refractivity (Wildman–Crippen MR) is 143 cm³/mol. The molecule has 3 N–H and O–H groups in total. The minimum atomic E-state index is -5.23. The predicted octanol–water partition coefficient (Wildman–Crippen LogP) is 5.61. The number of carbonyl (C=O) groups excluding carboxylic acids is 1. The number of alkyl halides is 3. The number of hydrogen-bond donors (Lipinski definition) is 3. The SMILES string of the molecule is COc1cc(C(=O)NCC(O)(c2cc3c(c(-c4ccc(F)c(Cl)c4)n2)CNC3(C)C)C(F)(F)F)ccc1OC1CC1. The van der Waals surface area contributed by atoms with E-state index in [1.165, 1.54) is 43.5 Å². The van der Waals surface area contributed by atoms with Crippen molar-refractivity contribution < 1.29 is 36.9 Å². The fraction of sp³-hybridized carbons (Fsp3) is 0.379. The number of carbonyl (C=O) groups is 1. The fourth-order valence-electron chi connectivity index (χ4n) is 4.72. The highest BCUT2D eigenvalue weighted by Gasteiger charge is 2.57. The molecule has 1 aliphatic carbocycles. The number of fused-ring (bicyclic) bond motifs is 1. The summed E-state index contributed by atoms with van der Waals surface area (Å²) >= 11 is 5.96. The van der Waals surface area contributed by atoms with Crippen LogP contribution in [0, 0.1) is 5.82 Å². The third-order valence-electron chi connectivity index (χ3n) is 7.34. The number of hydrogen-bond acceptors (Lipinski definition) is 6. The molecule has 7 nitrogen and oxygen atoms in total. The van der Waals surface area contributed by atoms with Crippen molar-refractivity contribution in [3.63, 3.8) is 0 Å². The van der Waals surface area contributed by atoms with E-state index < -0.39 is 41.3 Å². The number of aromatic nitrogens is 1. The zero-order valence-electron chi connectivity index (χ0n) is 22.5. The smallest absolute Gasteiger partial charge is 0.424 e. The number of rotatable bonds is 8. The van der Waals surface area contributed by atoms with E-state index in [4.69, 9.17) is 21.1 Å². The van der Waals surface area contributed by atoms with Gasteiger partial charge < -0.3 is 25.2 Å². The zero-order chi connectivity index (χ0) is 29.7. The van der Waals surface area contributed by atoms with Gasteiger partial charge in [0.1, 0.15) is 5.82 Å².